The van der Waals surface area contributed by atoms with Gasteiger partial charge in [-0.2, -0.15) is 0 Å². The van der Waals surface area contributed by atoms with E-state index in [4.69, 9.17) is 4.74 Å². The zero-order valence-electron chi connectivity index (χ0n) is 18.1. The third-order valence-electron chi connectivity index (χ3n) is 5.46. The molecule has 1 N–H and O–H groups in total. The minimum Gasteiger partial charge on any atom is -0.376 e. The lowest BCUT2D eigenvalue weighted by Crippen LogP contribution is -2.42. The molecule has 1 aliphatic rings. The third-order valence-corrected chi connectivity index (χ3v) is 6.57. The highest BCUT2D eigenvalue weighted by atomic mass is 32.2. The Morgan fingerprint density at radius 2 is 1.90 bits per heavy atom. The summed E-state index contributed by atoms with van der Waals surface area (Å²) in [5.74, 6) is -0.726. The number of aryl methyl sites for hydroxylation is 1. The lowest BCUT2D eigenvalue weighted by Gasteiger charge is -2.25. The first-order chi connectivity index (χ1) is 14.6. The molecule has 0 saturated carbocycles. The minimum atomic E-state index is -3.45. The maximum atomic E-state index is 13.2. The lowest BCUT2D eigenvalue weighted by molar-refractivity contribution is -0.117. The van der Waals surface area contributed by atoms with E-state index in [0.717, 1.165) is 30.2 Å². The second-order valence-corrected chi connectivity index (χ2v) is 9.93. The molecule has 1 heterocycles. The molecule has 1 saturated heterocycles. The number of amides is 2. The predicted octanol–water partition coefficient (Wildman–Crippen LogP) is 2.97. The Hall–Kier alpha value is -2.71. The molecule has 166 valence electrons. The molecule has 2 aromatic carbocycles. The van der Waals surface area contributed by atoms with Crippen LogP contribution in [0.5, 0.6) is 0 Å². The van der Waals surface area contributed by atoms with E-state index >= 15 is 0 Å². The summed E-state index contributed by atoms with van der Waals surface area (Å²) in [5, 5.41) is 2.88. The van der Waals surface area contributed by atoms with Crippen LogP contribution in [0.2, 0.25) is 0 Å². The smallest absolute Gasteiger partial charge is 0.254 e. The van der Waals surface area contributed by atoms with Crippen molar-refractivity contribution in [1.29, 1.82) is 0 Å². The SMILES string of the molecule is Cc1cccc(NC(=O)CN(CC2CCCO2)C(=O)c2cccc(S(C)(=O)=O)c2)c1C. The first-order valence-electron chi connectivity index (χ1n) is 10.2. The van der Waals surface area contributed by atoms with E-state index in [1.54, 1.807) is 6.07 Å². The van der Waals surface area contributed by atoms with Crippen molar-refractivity contribution >= 4 is 27.3 Å². The van der Waals surface area contributed by atoms with Gasteiger partial charge >= 0.3 is 0 Å². The highest BCUT2D eigenvalue weighted by Crippen LogP contribution is 2.20. The van der Waals surface area contributed by atoms with Gasteiger partial charge in [-0.3, -0.25) is 9.59 Å². The lowest BCUT2D eigenvalue weighted by atomic mass is 10.1. The molecule has 0 aromatic heterocycles. The number of ether oxygens (including phenoxy) is 1. The van der Waals surface area contributed by atoms with Crippen LogP contribution in [-0.2, 0) is 19.4 Å². The van der Waals surface area contributed by atoms with E-state index in [9.17, 15) is 18.0 Å². The summed E-state index contributed by atoms with van der Waals surface area (Å²) in [7, 11) is -3.45. The Bertz CT molecular complexity index is 1080. The third kappa shape index (κ3) is 5.92. The number of benzene rings is 2. The number of carbonyl (C=O) groups excluding carboxylic acids is 2. The van der Waals surface area contributed by atoms with Gasteiger partial charge in [0.15, 0.2) is 9.84 Å². The summed E-state index contributed by atoms with van der Waals surface area (Å²) in [4.78, 5) is 27.5. The van der Waals surface area contributed by atoms with Crippen LogP contribution in [-0.4, -0.2) is 57.2 Å². The fourth-order valence-corrected chi connectivity index (χ4v) is 4.21. The first kappa shape index (κ1) is 23.0. The van der Waals surface area contributed by atoms with Crippen LogP contribution in [0.1, 0.15) is 34.3 Å². The van der Waals surface area contributed by atoms with E-state index in [0.29, 0.717) is 12.3 Å². The van der Waals surface area contributed by atoms with Gasteiger partial charge in [-0.05, 0) is 62.1 Å². The number of hydrogen-bond donors (Lipinski definition) is 1. The van der Waals surface area contributed by atoms with Crippen molar-refractivity contribution in [2.75, 3.05) is 31.3 Å². The van der Waals surface area contributed by atoms with Gasteiger partial charge in [0.2, 0.25) is 5.91 Å². The molecule has 1 aliphatic heterocycles. The monoisotopic (exact) mass is 444 g/mol. The van der Waals surface area contributed by atoms with Crippen LogP contribution in [0, 0.1) is 13.8 Å². The Kier molecular flexibility index (Phi) is 7.12. The van der Waals surface area contributed by atoms with Crippen LogP contribution < -0.4 is 5.32 Å². The van der Waals surface area contributed by atoms with Gasteiger partial charge < -0.3 is 15.0 Å². The van der Waals surface area contributed by atoms with Crippen LogP contribution in [0.4, 0.5) is 5.69 Å². The summed E-state index contributed by atoms with van der Waals surface area (Å²) < 4.78 is 29.4. The highest BCUT2D eigenvalue weighted by molar-refractivity contribution is 7.90. The number of carbonyl (C=O) groups is 2. The Balaban J connectivity index is 1.81. The second kappa shape index (κ2) is 9.62. The quantitative estimate of drug-likeness (QED) is 0.709. The zero-order chi connectivity index (χ0) is 22.6. The molecule has 2 amide bonds. The van der Waals surface area contributed by atoms with Gasteiger partial charge in [-0.15, -0.1) is 0 Å². The summed E-state index contributed by atoms with van der Waals surface area (Å²) in [6.07, 6.45) is 2.67. The normalized spacial score (nSPS) is 16.2. The van der Waals surface area contributed by atoms with Crippen molar-refractivity contribution in [3.05, 3.63) is 59.2 Å². The topological polar surface area (TPSA) is 92.8 Å². The van der Waals surface area contributed by atoms with Crippen molar-refractivity contribution in [2.24, 2.45) is 0 Å². The predicted molar refractivity (Wildman–Crippen MR) is 119 cm³/mol. The fourth-order valence-electron chi connectivity index (χ4n) is 3.55. The van der Waals surface area contributed by atoms with E-state index in [1.807, 2.05) is 32.0 Å². The average molecular weight is 445 g/mol. The van der Waals surface area contributed by atoms with Crippen LogP contribution in [0.3, 0.4) is 0 Å². The maximum absolute atomic E-state index is 13.2. The van der Waals surface area contributed by atoms with Gasteiger partial charge in [0, 0.05) is 30.7 Å². The molecular formula is C23H28N2O5S. The number of nitrogens with one attached hydrogen (secondary N) is 1. The van der Waals surface area contributed by atoms with Gasteiger partial charge in [-0.1, -0.05) is 18.2 Å². The molecule has 1 atom stereocenters. The molecule has 3 rings (SSSR count). The number of anilines is 1. The number of hydrogen-bond acceptors (Lipinski definition) is 5. The van der Waals surface area contributed by atoms with E-state index in [-0.39, 0.29) is 35.6 Å². The molecule has 2 aromatic rings. The molecule has 8 heteroatoms. The Morgan fingerprint density at radius 1 is 1.16 bits per heavy atom. The van der Waals surface area contributed by atoms with Crippen LogP contribution in [0.25, 0.3) is 0 Å². The molecule has 0 aliphatic carbocycles. The Labute approximate surface area is 183 Å². The van der Waals surface area contributed by atoms with Crippen molar-refractivity contribution in [2.45, 2.75) is 37.7 Å². The zero-order valence-corrected chi connectivity index (χ0v) is 18.9. The number of sulfone groups is 1. The second-order valence-electron chi connectivity index (χ2n) is 7.92. The summed E-state index contributed by atoms with van der Waals surface area (Å²) in [6, 6.07) is 11.5. The summed E-state index contributed by atoms with van der Waals surface area (Å²) in [6.45, 7) is 4.63. The molecule has 0 bridgehead atoms. The van der Waals surface area contributed by atoms with Crippen molar-refractivity contribution in [1.82, 2.24) is 4.90 Å². The minimum absolute atomic E-state index is 0.0650. The molecular weight excluding hydrogens is 416 g/mol. The molecule has 1 fully saturated rings. The van der Waals surface area contributed by atoms with E-state index in [2.05, 4.69) is 5.32 Å². The molecule has 7 nitrogen and oxygen atoms in total. The van der Waals surface area contributed by atoms with Gasteiger partial charge in [0.05, 0.1) is 11.0 Å². The van der Waals surface area contributed by atoms with Crippen LogP contribution >= 0.6 is 0 Å². The maximum Gasteiger partial charge on any atom is 0.254 e. The molecule has 0 radical (unpaired) electrons. The highest BCUT2D eigenvalue weighted by Gasteiger charge is 2.26. The van der Waals surface area contributed by atoms with E-state index in [1.165, 1.54) is 23.1 Å². The summed E-state index contributed by atoms with van der Waals surface area (Å²) >= 11 is 0. The van der Waals surface area contributed by atoms with Crippen LogP contribution in [0.15, 0.2) is 47.4 Å². The standard InChI is InChI=1S/C23H28N2O5S/c1-16-7-4-11-21(17(16)2)24-22(26)15-25(14-19-9-6-12-30-19)23(27)18-8-5-10-20(13-18)31(3,28)29/h4-5,7-8,10-11,13,19H,6,9,12,14-15H2,1-3H3,(H,24,26). The van der Waals surface area contributed by atoms with Crippen molar-refractivity contribution in [3.8, 4) is 0 Å². The first-order valence-corrected chi connectivity index (χ1v) is 12.1. The van der Waals surface area contributed by atoms with Gasteiger partial charge in [-0.25, -0.2) is 8.42 Å². The van der Waals surface area contributed by atoms with Gasteiger partial charge in [0.1, 0.15) is 6.54 Å². The number of nitrogens with zero attached hydrogens (tertiary/aromatic N) is 1. The molecule has 1 unspecified atom stereocenters. The van der Waals surface area contributed by atoms with Crippen molar-refractivity contribution < 1.29 is 22.7 Å². The summed E-state index contributed by atoms with van der Waals surface area (Å²) in [5.41, 5.74) is 2.95. The number of rotatable bonds is 7. The molecule has 31 heavy (non-hydrogen) atoms. The average Bonchev–Trinajstić information content (AvgIpc) is 3.23. The van der Waals surface area contributed by atoms with Gasteiger partial charge in [0.25, 0.3) is 5.91 Å². The fraction of sp³-hybridized carbons (Fsp3) is 0.391. The Morgan fingerprint density at radius 3 is 2.58 bits per heavy atom. The van der Waals surface area contributed by atoms with E-state index < -0.39 is 15.7 Å². The molecule has 0 spiro atoms. The van der Waals surface area contributed by atoms with Crippen molar-refractivity contribution in [3.63, 3.8) is 0 Å². The largest absolute Gasteiger partial charge is 0.376 e.